The highest BCUT2D eigenvalue weighted by Gasteiger charge is 2.14. The summed E-state index contributed by atoms with van der Waals surface area (Å²) in [5.41, 5.74) is 5.84. The molecule has 0 aliphatic rings. The van der Waals surface area contributed by atoms with Gasteiger partial charge in [0.1, 0.15) is 4.83 Å². The quantitative estimate of drug-likeness (QED) is 0.493. The van der Waals surface area contributed by atoms with Crippen molar-refractivity contribution >= 4 is 33.1 Å². The largest absolute Gasteiger partial charge is 0.326 e. The lowest BCUT2D eigenvalue weighted by Crippen LogP contribution is -2.23. The molecule has 1 amide bonds. The van der Waals surface area contributed by atoms with E-state index in [2.05, 4.69) is 10.3 Å². The van der Waals surface area contributed by atoms with Crippen LogP contribution < -0.4 is 10.9 Å². The number of amides is 1. The van der Waals surface area contributed by atoms with Crippen molar-refractivity contribution in [3.05, 3.63) is 81.2 Å². The second-order valence-electron chi connectivity index (χ2n) is 7.56. The van der Waals surface area contributed by atoms with Crippen molar-refractivity contribution in [3.8, 4) is 11.1 Å². The Labute approximate surface area is 179 Å². The maximum Gasteiger partial charge on any atom is 0.262 e. The molecule has 0 atom stereocenters. The predicted molar refractivity (Wildman–Crippen MR) is 123 cm³/mol. The summed E-state index contributed by atoms with van der Waals surface area (Å²) < 4.78 is 1.52. The topological polar surface area (TPSA) is 64.0 Å². The molecule has 4 aromatic rings. The summed E-state index contributed by atoms with van der Waals surface area (Å²) in [5.74, 6) is -0.125. The zero-order valence-electron chi connectivity index (χ0n) is 17.2. The number of fused-ring (bicyclic) bond motifs is 1. The lowest BCUT2D eigenvalue weighted by molar-refractivity contribution is -0.116. The fraction of sp³-hybridized carbons (Fsp3) is 0.208. The van der Waals surface area contributed by atoms with Crippen LogP contribution in [0.4, 0.5) is 5.69 Å². The first kappa shape index (κ1) is 20.0. The van der Waals surface area contributed by atoms with Gasteiger partial charge < -0.3 is 5.32 Å². The summed E-state index contributed by atoms with van der Waals surface area (Å²) >= 11 is 1.46. The van der Waals surface area contributed by atoms with Gasteiger partial charge in [-0.05, 0) is 43.5 Å². The van der Waals surface area contributed by atoms with Crippen LogP contribution in [0.25, 0.3) is 21.3 Å². The number of rotatable bonds is 5. The summed E-state index contributed by atoms with van der Waals surface area (Å²) in [6.45, 7) is 6.26. The van der Waals surface area contributed by atoms with E-state index in [-0.39, 0.29) is 24.4 Å². The molecule has 0 spiro atoms. The minimum Gasteiger partial charge on any atom is -0.326 e. The van der Waals surface area contributed by atoms with Crippen LogP contribution in [0.5, 0.6) is 0 Å². The van der Waals surface area contributed by atoms with Crippen molar-refractivity contribution in [2.75, 3.05) is 5.32 Å². The molecule has 2 heterocycles. The molecule has 30 heavy (non-hydrogen) atoms. The summed E-state index contributed by atoms with van der Waals surface area (Å²) in [7, 11) is 0. The number of hydrogen-bond acceptors (Lipinski definition) is 4. The van der Waals surface area contributed by atoms with Gasteiger partial charge in [0.15, 0.2) is 0 Å². The molecule has 0 saturated carbocycles. The summed E-state index contributed by atoms with van der Waals surface area (Å²) in [5, 5.41) is 5.53. The number of nitrogens with zero attached hydrogens (tertiary/aromatic N) is 2. The molecule has 0 fully saturated rings. The number of hydrogen-bond donors (Lipinski definition) is 1. The lowest BCUT2D eigenvalue weighted by atomic mass is 10.1. The van der Waals surface area contributed by atoms with E-state index >= 15 is 0 Å². The Balaban J connectivity index is 1.56. The molecule has 6 heteroatoms. The van der Waals surface area contributed by atoms with Crippen molar-refractivity contribution in [3.63, 3.8) is 0 Å². The van der Waals surface area contributed by atoms with Crippen molar-refractivity contribution in [1.82, 2.24) is 9.55 Å². The van der Waals surface area contributed by atoms with E-state index in [0.29, 0.717) is 10.2 Å². The average Bonchev–Trinajstić information content (AvgIpc) is 3.16. The van der Waals surface area contributed by atoms with Crippen LogP contribution in [-0.4, -0.2) is 15.5 Å². The Bertz CT molecular complexity index is 1290. The molecular weight excluding hydrogens is 394 g/mol. The van der Waals surface area contributed by atoms with Crippen LogP contribution in [-0.2, 0) is 11.3 Å². The van der Waals surface area contributed by atoms with Crippen LogP contribution in [0.1, 0.15) is 23.1 Å². The molecule has 0 aliphatic carbocycles. The molecular formula is C24H23N3O2S. The van der Waals surface area contributed by atoms with Gasteiger partial charge in [-0.3, -0.25) is 14.2 Å². The van der Waals surface area contributed by atoms with Crippen LogP contribution in [0.2, 0.25) is 0 Å². The predicted octanol–water partition coefficient (Wildman–Crippen LogP) is 5.08. The molecule has 1 N–H and O–H groups in total. The number of carbonyl (C=O) groups is 1. The number of nitrogens with one attached hydrogen (secondary N) is 1. The van der Waals surface area contributed by atoms with E-state index in [9.17, 15) is 9.59 Å². The van der Waals surface area contributed by atoms with E-state index in [1.54, 1.807) is 0 Å². The van der Waals surface area contributed by atoms with E-state index < -0.39 is 0 Å². The molecule has 0 radical (unpaired) electrons. The van der Waals surface area contributed by atoms with Gasteiger partial charge in [-0.15, -0.1) is 11.3 Å². The van der Waals surface area contributed by atoms with Gasteiger partial charge in [-0.25, -0.2) is 4.98 Å². The Kier molecular flexibility index (Phi) is 5.50. The van der Waals surface area contributed by atoms with Crippen LogP contribution >= 0.6 is 11.3 Å². The molecule has 4 rings (SSSR count). The first-order valence-electron chi connectivity index (χ1n) is 9.83. The number of aryl methyl sites for hydroxylation is 4. The monoisotopic (exact) mass is 417 g/mol. The van der Waals surface area contributed by atoms with Crippen LogP contribution in [0.15, 0.2) is 59.0 Å². The van der Waals surface area contributed by atoms with Gasteiger partial charge in [-0.1, -0.05) is 42.0 Å². The highest BCUT2D eigenvalue weighted by Crippen LogP contribution is 2.30. The van der Waals surface area contributed by atoms with Gasteiger partial charge >= 0.3 is 0 Å². The lowest BCUT2D eigenvalue weighted by Gasteiger charge is -2.10. The van der Waals surface area contributed by atoms with Crippen LogP contribution in [0.3, 0.4) is 0 Å². The maximum atomic E-state index is 13.1. The van der Waals surface area contributed by atoms with E-state index in [4.69, 9.17) is 0 Å². The average molecular weight is 418 g/mol. The number of aromatic nitrogens is 2. The highest BCUT2D eigenvalue weighted by atomic mass is 32.1. The van der Waals surface area contributed by atoms with E-state index in [0.717, 1.165) is 27.9 Å². The second kappa shape index (κ2) is 8.24. The fourth-order valence-electron chi connectivity index (χ4n) is 3.38. The summed E-state index contributed by atoms with van der Waals surface area (Å²) in [4.78, 5) is 30.7. The van der Waals surface area contributed by atoms with Crippen molar-refractivity contribution in [2.45, 2.75) is 33.7 Å². The van der Waals surface area contributed by atoms with Gasteiger partial charge in [0.05, 0.1) is 11.7 Å². The molecule has 0 aliphatic heterocycles. The first-order valence-corrected chi connectivity index (χ1v) is 10.7. The van der Waals surface area contributed by atoms with E-state index in [1.807, 2.05) is 68.6 Å². The standard InChI is InChI=1S/C24H23N3O2S/c1-15-5-8-18(9-6-15)19-13-30-23-22(19)24(29)27(14-25-23)11-10-21(28)26-20-12-16(2)4-7-17(20)3/h4-9,12-14H,10-11H2,1-3H3,(H,26,28). The Morgan fingerprint density at radius 1 is 1.07 bits per heavy atom. The van der Waals surface area contributed by atoms with E-state index in [1.165, 1.54) is 27.8 Å². The summed E-state index contributed by atoms with van der Waals surface area (Å²) in [6, 6.07) is 14.0. The molecule has 0 unspecified atom stereocenters. The molecule has 0 bridgehead atoms. The highest BCUT2D eigenvalue weighted by molar-refractivity contribution is 7.17. The van der Waals surface area contributed by atoms with Gasteiger partial charge in [0.2, 0.25) is 5.91 Å². The molecule has 5 nitrogen and oxygen atoms in total. The smallest absolute Gasteiger partial charge is 0.262 e. The maximum absolute atomic E-state index is 13.1. The van der Waals surface area contributed by atoms with Crippen molar-refractivity contribution in [1.29, 1.82) is 0 Å². The minimum absolute atomic E-state index is 0.114. The molecule has 0 saturated heterocycles. The van der Waals surface area contributed by atoms with Gasteiger partial charge in [0.25, 0.3) is 5.56 Å². The Morgan fingerprint density at radius 3 is 2.57 bits per heavy atom. The first-order chi connectivity index (χ1) is 14.4. The Morgan fingerprint density at radius 2 is 1.80 bits per heavy atom. The third-order valence-electron chi connectivity index (χ3n) is 5.17. The number of thiophene rings is 1. The fourth-order valence-corrected chi connectivity index (χ4v) is 4.28. The minimum atomic E-state index is -0.125. The van der Waals surface area contributed by atoms with Crippen molar-refractivity contribution in [2.24, 2.45) is 0 Å². The van der Waals surface area contributed by atoms with Crippen molar-refractivity contribution < 1.29 is 4.79 Å². The normalized spacial score (nSPS) is 11.0. The zero-order chi connectivity index (χ0) is 21.3. The van der Waals surface area contributed by atoms with Crippen LogP contribution in [0, 0.1) is 20.8 Å². The second-order valence-corrected chi connectivity index (χ2v) is 8.41. The third kappa shape index (κ3) is 4.04. The SMILES string of the molecule is Cc1ccc(-c2csc3ncn(CCC(=O)Nc4cc(C)ccc4C)c(=O)c23)cc1. The van der Waals surface area contributed by atoms with Gasteiger partial charge in [-0.2, -0.15) is 0 Å². The number of anilines is 1. The molecule has 2 aromatic heterocycles. The Hall–Kier alpha value is -3.25. The number of carbonyl (C=O) groups excluding carboxylic acids is 1. The zero-order valence-corrected chi connectivity index (χ0v) is 18.0. The summed E-state index contributed by atoms with van der Waals surface area (Å²) in [6.07, 6.45) is 1.73. The molecule has 2 aromatic carbocycles. The third-order valence-corrected chi connectivity index (χ3v) is 6.06. The number of benzene rings is 2. The van der Waals surface area contributed by atoms with Gasteiger partial charge in [0, 0.05) is 29.6 Å². The molecule has 152 valence electrons.